The summed E-state index contributed by atoms with van der Waals surface area (Å²) in [7, 11) is 3.50. The van der Waals surface area contributed by atoms with Crippen molar-refractivity contribution in [1.82, 2.24) is 10.3 Å². The molecule has 0 amide bonds. The van der Waals surface area contributed by atoms with E-state index in [9.17, 15) is 0 Å². The Morgan fingerprint density at radius 1 is 1.33 bits per heavy atom. The molecule has 0 fully saturated rings. The van der Waals surface area contributed by atoms with Gasteiger partial charge in [-0.05, 0) is 44.3 Å². The molecule has 1 aromatic heterocycles. The molecule has 0 spiro atoms. The number of rotatable bonds is 6. The number of methoxy groups -OCH3 is 1. The highest BCUT2D eigenvalue weighted by Crippen LogP contribution is 2.29. The van der Waals surface area contributed by atoms with E-state index in [1.54, 1.807) is 13.3 Å². The van der Waals surface area contributed by atoms with Crippen LogP contribution in [0.3, 0.4) is 0 Å². The van der Waals surface area contributed by atoms with Crippen molar-refractivity contribution in [3.05, 3.63) is 52.7 Å². The third-order valence-corrected chi connectivity index (χ3v) is 3.53. The largest absolute Gasteiger partial charge is 0.488 e. The van der Waals surface area contributed by atoms with Crippen LogP contribution in [0.4, 0.5) is 0 Å². The van der Waals surface area contributed by atoms with Crippen molar-refractivity contribution < 1.29 is 9.47 Å². The minimum Gasteiger partial charge on any atom is -0.488 e. The summed E-state index contributed by atoms with van der Waals surface area (Å²) in [4.78, 5) is 4.16. The van der Waals surface area contributed by atoms with Crippen molar-refractivity contribution in [2.75, 3.05) is 14.2 Å². The van der Waals surface area contributed by atoms with Crippen LogP contribution in [0.15, 0.2) is 36.5 Å². The lowest BCUT2D eigenvalue weighted by Crippen LogP contribution is -2.14. The molecule has 0 aliphatic heterocycles. The Balaban J connectivity index is 2.20. The molecule has 0 radical (unpaired) electrons. The zero-order chi connectivity index (χ0) is 15.2. The van der Waals surface area contributed by atoms with Crippen molar-refractivity contribution in [3.63, 3.8) is 0 Å². The van der Waals surface area contributed by atoms with E-state index < -0.39 is 0 Å². The number of nitrogens with zero attached hydrogens (tertiary/aromatic N) is 1. The Bertz CT molecular complexity index is 605. The molecule has 2 aromatic rings. The van der Waals surface area contributed by atoms with Crippen molar-refractivity contribution >= 4 is 11.6 Å². The van der Waals surface area contributed by atoms with E-state index >= 15 is 0 Å². The summed E-state index contributed by atoms with van der Waals surface area (Å²) in [5.74, 6) is 1.38. The molecule has 4 nitrogen and oxygen atoms in total. The number of ether oxygens (including phenoxy) is 2. The van der Waals surface area contributed by atoms with Gasteiger partial charge in [0.05, 0.1) is 12.7 Å². The minimum absolute atomic E-state index is 0.148. The summed E-state index contributed by atoms with van der Waals surface area (Å²) in [5.41, 5.74) is 1.92. The van der Waals surface area contributed by atoms with Gasteiger partial charge in [-0.1, -0.05) is 11.6 Å². The highest BCUT2D eigenvalue weighted by Gasteiger charge is 2.12. The van der Waals surface area contributed by atoms with E-state index in [4.69, 9.17) is 21.1 Å². The van der Waals surface area contributed by atoms with Gasteiger partial charge in [-0.25, -0.2) is 4.98 Å². The molecular weight excluding hydrogens is 288 g/mol. The second kappa shape index (κ2) is 7.29. The van der Waals surface area contributed by atoms with Gasteiger partial charge < -0.3 is 14.8 Å². The van der Waals surface area contributed by atoms with Gasteiger partial charge in [0.1, 0.15) is 12.4 Å². The Morgan fingerprint density at radius 3 is 2.86 bits per heavy atom. The number of halogens is 1. The topological polar surface area (TPSA) is 43.4 Å². The molecule has 1 heterocycles. The molecule has 1 unspecified atom stereocenters. The number of pyridine rings is 1. The maximum absolute atomic E-state index is 6.07. The number of nitrogens with one attached hydrogen (secondary N) is 1. The molecule has 0 aliphatic carbocycles. The zero-order valence-electron chi connectivity index (χ0n) is 12.4. The summed E-state index contributed by atoms with van der Waals surface area (Å²) in [6.45, 7) is 2.45. The van der Waals surface area contributed by atoms with E-state index in [0.29, 0.717) is 17.5 Å². The summed E-state index contributed by atoms with van der Waals surface area (Å²) in [5, 5.41) is 3.89. The maximum atomic E-state index is 6.07. The van der Waals surface area contributed by atoms with Crippen molar-refractivity contribution in [2.45, 2.75) is 19.6 Å². The van der Waals surface area contributed by atoms with Crippen molar-refractivity contribution in [2.24, 2.45) is 0 Å². The lowest BCUT2D eigenvalue weighted by molar-refractivity contribution is 0.289. The van der Waals surface area contributed by atoms with Crippen LogP contribution >= 0.6 is 11.6 Å². The Morgan fingerprint density at radius 2 is 2.14 bits per heavy atom. The quantitative estimate of drug-likeness (QED) is 0.885. The maximum Gasteiger partial charge on any atom is 0.219 e. The SMILES string of the molecule is CNC(C)c1cc(Cl)ccc1OCc1cccnc1OC. The molecule has 0 saturated heterocycles. The predicted octanol–water partition coefficient (Wildman–Crippen LogP) is 3.60. The molecule has 0 saturated carbocycles. The van der Waals surface area contributed by atoms with E-state index in [1.165, 1.54) is 0 Å². The van der Waals surface area contributed by atoms with E-state index in [1.807, 2.05) is 37.4 Å². The summed E-state index contributed by atoms with van der Waals surface area (Å²) in [6.07, 6.45) is 1.69. The lowest BCUT2D eigenvalue weighted by Gasteiger charge is -2.17. The Labute approximate surface area is 130 Å². The minimum atomic E-state index is 0.148. The molecule has 0 aliphatic rings. The molecule has 0 bridgehead atoms. The zero-order valence-corrected chi connectivity index (χ0v) is 13.1. The first-order valence-corrected chi connectivity index (χ1v) is 7.11. The van der Waals surface area contributed by atoms with Crippen LogP contribution < -0.4 is 14.8 Å². The van der Waals surface area contributed by atoms with Gasteiger partial charge in [-0.3, -0.25) is 0 Å². The second-order valence-corrected chi connectivity index (χ2v) is 5.09. The van der Waals surface area contributed by atoms with Gasteiger partial charge in [-0.2, -0.15) is 0 Å². The average Bonchev–Trinajstić information content (AvgIpc) is 2.53. The van der Waals surface area contributed by atoms with Crippen molar-refractivity contribution in [3.8, 4) is 11.6 Å². The first-order chi connectivity index (χ1) is 10.2. The summed E-state index contributed by atoms with van der Waals surface area (Å²) in [6, 6.07) is 9.56. The van der Waals surface area contributed by atoms with Crippen LogP contribution in [0.25, 0.3) is 0 Å². The fourth-order valence-corrected chi connectivity index (χ4v) is 2.20. The van der Waals surface area contributed by atoms with Crippen LogP contribution in [0.1, 0.15) is 24.1 Å². The molecule has 1 N–H and O–H groups in total. The summed E-state index contributed by atoms with van der Waals surface area (Å²) >= 11 is 6.07. The second-order valence-electron chi connectivity index (χ2n) is 4.65. The number of hydrogen-bond donors (Lipinski definition) is 1. The third kappa shape index (κ3) is 3.86. The van der Waals surface area contributed by atoms with Crippen LogP contribution in [0.2, 0.25) is 5.02 Å². The van der Waals surface area contributed by atoms with Crippen molar-refractivity contribution in [1.29, 1.82) is 0 Å². The van der Waals surface area contributed by atoms with Gasteiger partial charge in [0.2, 0.25) is 5.88 Å². The highest BCUT2D eigenvalue weighted by atomic mass is 35.5. The first kappa shape index (κ1) is 15.6. The van der Waals surface area contributed by atoms with Gasteiger partial charge in [0.15, 0.2) is 0 Å². The normalized spacial score (nSPS) is 12.0. The smallest absolute Gasteiger partial charge is 0.219 e. The monoisotopic (exact) mass is 306 g/mol. The molecular formula is C16H19ClN2O2. The first-order valence-electron chi connectivity index (χ1n) is 6.73. The molecule has 2 rings (SSSR count). The van der Waals surface area contributed by atoms with E-state index in [2.05, 4.69) is 17.2 Å². The molecule has 21 heavy (non-hydrogen) atoms. The third-order valence-electron chi connectivity index (χ3n) is 3.30. The van der Waals surface area contributed by atoms with E-state index in [-0.39, 0.29) is 6.04 Å². The fourth-order valence-electron chi connectivity index (χ4n) is 2.02. The number of benzene rings is 1. The highest BCUT2D eigenvalue weighted by molar-refractivity contribution is 6.30. The molecule has 1 aromatic carbocycles. The number of hydrogen-bond acceptors (Lipinski definition) is 4. The average molecular weight is 307 g/mol. The van der Waals surface area contributed by atoms with Gasteiger partial charge in [0, 0.05) is 22.8 Å². The van der Waals surface area contributed by atoms with Crippen LogP contribution in [0, 0.1) is 0 Å². The Kier molecular flexibility index (Phi) is 5.42. The van der Waals surface area contributed by atoms with Gasteiger partial charge in [0.25, 0.3) is 0 Å². The molecule has 5 heteroatoms. The van der Waals surface area contributed by atoms with Crippen LogP contribution in [-0.4, -0.2) is 19.1 Å². The number of aromatic nitrogens is 1. The molecule has 1 atom stereocenters. The summed E-state index contributed by atoms with van der Waals surface area (Å²) < 4.78 is 11.2. The molecule has 112 valence electrons. The van der Waals surface area contributed by atoms with Gasteiger partial charge >= 0.3 is 0 Å². The van der Waals surface area contributed by atoms with Crippen LogP contribution in [-0.2, 0) is 6.61 Å². The lowest BCUT2D eigenvalue weighted by atomic mass is 10.1. The van der Waals surface area contributed by atoms with Crippen LogP contribution in [0.5, 0.6) is 11.6 Å². The predicted molar refractivity (Wildman–Crippen MR) is 84.0 cm³/mol. The van der Waals surface area contributed by atoms with Gasteiger partial charge in [-0.15, -0.1) is 0 Å². The van der Waals surface area contributed by atoms with E-state index in [0.717, 1.165) is 16.9 Å². The fraction of sp³-hybridized carbons (Fsp3) is 0.312. The standard InChI is InChI=1S/C16H19ClN2O2/c1-11(18-2)14-9-13(17)6-7-15(14)21-10-12-5-4-8-19-16(12)20-3/h4-9,11,18H,10H2,1-3H3. The Hall–Kier alpha value is -1.78.